The maximum atomic E-state index is 11.7. The molecule has 21 heavy (non-hydrogen) atoms. The molecular formula is C14H17Cl2NO4. The first-order valence-electron chi connectivity index (χ1n) is 6.36. The molecule has 0 aromatic heterocycles. The molecule has 116 valence electrons. The highest BCUT2D eigenvalue weighted by Crippen LogP contribution is 2.32. The van der Waals surface area contributed by atoms with Gasteiger partial charge in [-0.3, -0.25) is 4.79 Å². The van der Waals surface area contributed by atoms with E-state index in [1.165, 1.54) is 12.1 Å². The molecule has 0 spiro atoms. The number of hydrogen-bond acceptors (Lipinski definition) is 3. The molecule has 1 aromatic rings. The van der Waals surface area contributed by atoms with Crippen LogP contribution in [0.4, 0.5) is 0 Å². The summed E-state index contributed by atoms with van der Waals surface area (Å²) < 4.78 is 5.24. The highest BCUT2D eigenvalue weighted by molar-refractivity contribution is 6.36. The summed E-state index contributed by atoms with van der Waals surface area (Å²) in [4.78, 5) is 22.9. The van der Waals surface area contributed by atoms with E-state index in [0.717, 1.165) is 0 Å². The number of ether oxygens (including phenoxy) is 1. The molecule has 0 saturated carbocycles. The first-order valence-corrected chi connectivity index (χ1v) is 7.12. The summed E-state index contributed by atoms with van der Waals surface area (Å²) in [6.07, 6.45) is 0. The molecule has 5 nitrogen and oxygen atoms in total. The van der Waals surface area contributed by atoms with E-state index in [1.807, 2.05) is 20.8 Å². The Kier molecular flexibility index (Phi) is 6.30. The number of carboxylic acid groups (broad SMARTS) is 1. The fourth-order valence-corrected chi connectivity index (χ4v) is 2.01. The number of amides is 1. The Hall–Kier alpha value is -1.46. The van der Waals surface area contributed by atoms with Gasteiger partial charge in [0.25, 0.3) is 5.91 Å². The van der Waals surface area contributed by atoms with E-state index in [9.17, 15) is 9.59 Å². The van der Waals surface area contributed by atoms with Gasteiger partial charge in [-0.2, -0.15) is 0 Å². The van der Waals surface area contributed by atoms with Gasteiger partial charge in [-0.25, -0.2) is 4.79 Å². The van der Waals surface area contributed by atoms with Crippen molar-refractivity contribution in [3.05, 3.63) is 27.7 Å². The summed E-state index contributed by atoms with van der Waals surface area (Å²) in [5.74, 6) is -1.37. The molecular weight excluding hydrogens is 317 g/mol. The van der Waals surface area contributed by atoms with Crippen molar-refractivity contribution in [3.8, 4) is 5.75 Å². The summed E-state index contributed by atoms with van der Waals surface area (Å²) in [5, 5.41) is 12.1. The van der Waals surface area contributed by atoms with Crippen LogP contribution in [-0.2, 0) is 4.79 Å². The average molecular weight is 334 g/mol. The third-order valence-electron chi connectivity index (χ3n) is 2.98. The van der Waals surface area contributed by atoms with Crippen LogP contribution < -0.4 is 10.1 Å². The van der Waals surface area contributed by atoms with Crippen molar-refractivity contribution >= 4 is 35.1 Å². The molecule has 0 fully saturated rings. The second-order valence-electron chi connectivity index (χ2n) is 4.96. The van der Waals surface area contributed by atoms with Crippen molar-refractivity contribution in [1.29, 1.82) is 0 Å². The Morgan fingerprint density at radius 3 is 2.43 bits per heavy atom. The van der Waals surface area contributed by atoms with Crippen molar-refractivity contribution < 1.29 is 19.4 Å². The van der Waals surface area contributed by atoms with Gasteiger partial charge < -0.3 is 15.2 Å². The van der Waals surface area contributed by atoms with Gasteiger partial charge in [0.2, 0.25) is 0 Å². The van der Waals surface area contributed by atoms with E-state index in [2.05, 4.69) is 5.32 Å². The van der Waals surface area contributed by atoms with Gasteiger partial charge >= 0.3 is 5.97 Å². The quantitative estimate of drug-likeness (QED) is 0.837. The fourth-order valence-electron chi connectivity index (χ4n) is 1.47. The zero-order valence-corrected chi connectivity index (χ0v) is 13.5. The van der Waals surface area contributed by atoms with Crippen LogP contribution in [0.5, 0.6) is 5.75 Å². The van der Waals surface area contributed by atoms with E-state index in [1.54, 1.807) is 0 Å². The number of rotatable bonds is 6. The number of benzene rings is 1. The van der Waals surface area contributed by atoms with Crippen LogP contribution in [0.2, 0.25) is 10.0 Å². The fraction of sp³-hybridized carbons (Fsp3) is 0.429. The van der Waals surface area contributed by atoms with E-state index in [-0.39, 0.29) is 45.8 Å². The number of halogens is 2. The predicted molar refractivity (Wildman–Crippen MR) is 81.4 cm³/mol. The molecule has 0 bridgehead atoms. The van der Waals surface area contributed by atoms with Crippen molar-refractivity contribution in [3.63, 3.8) is 0 Å². The summed E-state index contributed by atoms with van der Waals surface area (Å²) in [5.41, 5.74) is -0.183. The summed E-state index contributed by atoms with van der Waals surface area (Å²) in [7, 11) is 0. The number of aromatic carboxylic acids is 1. The van der Waals surface area contributed by atoms with Gasteiger partial charge in [0, 0.05) is 11.1 Å². The molecule has 1 aromatic carbocycles. The number of nitrogens with one attached hydrogen (secondary N) is 1. The van der Waals surface area contributed by atoms with Crippen LogP contribution in [0.15, 0.2) is 12.1 Å². The van der Waals surface area contributed by atoms with Crippen molar-refractivity contribution in [2.45, 2.75) is 26.8 Å². The molecule has 7 heteroatoms. The molecule has 1 rings (SSSR count). The molecule has 0 aliphatic heterocycles. The average Bonchev–Trinajstić information content (AvgIpc) is 2.36. The van der Waals surface area contributed by atoms with Crippen LogP contribution in [0, 0.1) is 5.92 Å². The second kappa shape index (κ2) is 7.52. The van der Waals surface area contributed by atoms with Crippen molar-refractivity contribution in [2.24, 2.45) is 5.92 Å². The number of carbonyl (C=O) groups is 2. The first kappa shape index (κ1) is 17.6. The van der Waals surface area contributed by atoms with E-state index in [0.29, 0.717) is 0 Å². The van der Waals surface area contributed by atoms with E-state index >= 15 is 0 Å². The molecule has 1 atom stereocenters. The Balaban J connectivity index is 2.80. The van der Waals surface area contributed by atoms with Crippen LogP contribution >= 0.6 is 23.2 Å². The summed E-state index contributed by atoms with van der Waals surface area (Å²) in [6, 6.07) is 2.57. The second-order valence-corrected chi connectivity index (χ2v) is 5.80. The molecule has 0 aliphatic rings. The lowest BCUT2D eigenvalue weighted by molar-refractivity contribution is -0.124. The zero-order chi connectivity index (χ0) is 16.2. The highest BCUT2D eigenvalue weighted by atomic mass is 35.5. The lowest BCUT2D eigenvalue weighted by Crippen LogP contribution is -2.39. The lowest BCUT2D eigenvalue weighted by atomic mass is 10.1. The minimum absolute atomic E-state index is 0.0132. The third-order valence-corrected chi connectivity index (χ3v) is 3.47. The Morgan fingerprint density at radius 2 is 1.90 bits per heavy atom. The maximum absolute atomic E-state index is 11.7. The lowest BCUT2D eigenvalue weighted by Gasteiger charge is -2.18. The standard InChI is InChI=1S/C14H17Cl2NO4/c1-7(2)8(3)17-12(18)6-21-13-10(14(19)20)4-9(15)5-11(13)16/h4-5,7-8H,6H2,1-3H3,(H,17,18)(H,19,20). The predicted octanol–water partition coefficient (Wildman–Crippen LogP) is 3.23. The van der Waals surface area contributed by atoms with Gasteiger partial charge in [0.1, 0.15) is 5.56 Å². The zero-order valence-electron chi connectivity index (χ0n) is 11.9. The van der Waals surface area contributed by atoms with Gasteiger partial charge in [-0.15, -0.1) is 0 Å². The van der Waals surface area contributed by atoms with Gasteiger partial charge in [-0.1, -0.05) is 37.0 Å². The molecule has 0 heterocycles. The van der Waals surface area contributed by atoms with Gasteiger partial charge in [-0.05, 0) is 25.0 Å². The van der Waals surface area contributed by atoms with E-state index in [4.69, 9.17) is 33.0 Å². The SMILES string of the molecule is CC(C)C(C)NC(=O)COc1c(Cl)cc(Cl)cc1C(=O)O. The summed E-state index contributed by atoms with van der Waals surface area (Å²) in [6.45, 7) is 5.51. The largest absolute Gasteiger partial charge is 0.481 e. The Morgan fingerprint density at radius 1 is 1.29 bits per heavy atom. The number of carboxylic acids is 1. The van der Waals surface area contributed by atoms with Gasteiger partial charge in [0.15, 0.2) is 12.4 Å². The molecule has 1 unspecified atom stereocenters. The molecule has 0 radical (unpaired) electrons. The van der Waals surface area contributed by atoms with Crippen molar-refractivity contribution in [1.82, 2.24) is 5.32 Å². The highest BCUT2D eigenvalue weighted by Gasteiger charge is 2.18. The normalized spacial score (nSPS) is 12.1. The Bertz CT molecular complexity index is 546. The molecule has 2 N–H and O–H groups in total. The number of carbonyl (C=O) groups excluding carboxylic acids is 1. The van der Waals surface area contributed by atoms with Gasteiger partial charge in [0.05, 0.1) is 5.02 Å². The summed E-state index contributed by atoms with van der Waals surface area (Å²) >= 11 is 11.7. The molecule has 0 aliphatic carbocycles. The smallest absolute Gasteiger partial charge is 0.339 e. The first-order chi connectivity index (χ1) is 9.72. The topological polar surface area (TPSA) is 75.6 Å². The van der Waals surface area contributed by atoms with Crippen LogP contribution in [0.1, 0.15) is 31.1 Å². The third kappa shape index (κ3) is 5.10. The minimum atomic E-state index is -1.23. The van der Waals surface area contributed by atoms with Crippen LogP contribution in [-0.4, -0.2) is 29.6 Å². The van der Waals surface area contributed by atoms with Crippen LogP contribution in [0.3, 0.4) is 0 Å². The molecule has 1 amide bonds. The monoisotopic (exact) mass is 333 g/mol. The minimum Gasteiger partial charge on any atom is -0.481 e. The van der Waals surface area contributed by atoms with E-state index < -0.39 is 5.97 Å². The molecule has 0 saturated heterocycles. The maximum Gasteiger partial charge on any atom is 0.339 e. The Labute approximate surface area is 133 Å². The van der Waals surface area contributed by atoms with Crippen LogP contribution in [0.25, 0.3) is 0 Å². The number of hydrogen-bond donors (Lipinski definition) is 2. The van der Waals surface area contributed by atoms with Crippen molar-refractivity contribution in [2.75, 3.05) is 6.61 Å².